The molecular weight excluding hydrogens is 284 g/mol. The Balaban J connectivity index is 2.70. The lowest BCUT2D eigenvalue weighted by Crippen LogP contribution is -2.54. The predicted molar refractivity (Wildman–Crippen MR) is 83.4 cm³/mol. The minimum absolute atomic E-state index is 0.0113. The maximum atomic E-state index is 12.4. The largest absolute Gasteiger partial charge is 0.480 e. The van der Waals surface area contributed by atoms with Gasteiger partial charge in [-0.05, 0) is 32.1 Å². The van der Waals surface area contributed by atoms with Crippen LogP contribution in [0.1, 0.15) is 65.2 Å². The van der Waals surface area contributed by atoms with Crippen molar-refractivity contribution < 1.29 is 19.5 Å². The van der Waals surface area contributed by atoms with E-state index in [0.29, 0.717) is 25.8 Å². The van der Waals surface area contributed by atoms with Crippen LogP contribution in [0.4, 0.5) is 0 Å². The van der Waals surface area contributed by atoms with Crippen molar-refractivity contribution >= 4 is 17.8 Å². The molecule has 0 aromatic heterocycles. The first kappa shape index (κ1) is 18.5. The summed E-state index contributed by atoms with van der Waals surface area (Å²) in [6.07, 6.45) is 5.64. The van der Waals surface area contributed by atoms with Crippen LogP contribution in [0.3, 0.4) is 0 Å². The lowest BCUT2D eigenvalue weighted by atomic mass is 9.99. The standard InChI is InChI=1S/C16H28N2O4/c1-3-5-9-12(16(21)22)17-15(20)13-10-6-7-11-18(13)14(19)8-4-2/h12-13H,3-11H2,1-2H3,(H,17,20)(H,21,22). The normalized spacial score (nSPS) is 19.5. The van der Waals surface area contributed by atoms with Crippen LogP contribution in [0.5, 0.6) is 0 Å². The van der Waals surface area contributed by atoms with Crippen molar-refractivity contribution in [3.05, 3.63) is 0 Å². The van der Waals surface area contributed by atoms with Gasteiger partial charge in [0.25, 0.3) is 0 Å². The summed E-state index contributed by atoms with van der Waals surface area (Å²) < 4.78 is 0. The van der Waals surface area contributed by atoms with Gasteiger partial charge in [-0.2, -0.15) is 0 Å². The Bertz CT molecular complexity index is 398. The molecule has 0 bridgehead atoms. The molecule has 0 radical (unpaired) electrons. The van der Waals surface area contributed by atoms with Crippen molar-refractivity contribution in [1.29, 1.82) is 0 Å². The molecule has 22 heavy (non-hydrogen) atoms. The molecule has 1 aliphatic rings. The molecule has 1 fully saturated rings. The Morgan fingerprint density at radius 2 is 1.95 bits per heavy atom. The molecule has 0 spiro atoms. The first-order chi connectivity index (χ1) is 10.5. The molecule has 0 aromatic carbocycles. The van der Waals surface area contributed by atoms with E-state index in [4.69, 9.17) is 0 Å². The number of rotatable bonds is 8. The number of carbonyl (C=O) groups is 3. The molecule has 2 unspecified atom stereocenters. The number of carboxylic acid groups (broad SMARTS) is 1. The summed E-state index contributed by atoms with van der Waals surface area (Å²) in [6.45, 7) is 4.50. The number of nitrogens with one attached hydrogen (secondary N) is 1. The average molecular weight is 312 g/mol. The predicted octanol–water partition coefficient (Wildman–Crippen LogP) is 1.93. The third-order valence-corrected chi connectivity index (χ3v) is 4.05. The number of nitrogens with zero attached hydrogens (tertiary/aromatic N) is 1. The molecule has 6 heteroatoms. The van der Waals surface area contributed by atoms with Gasteiger partial charge >= 0.3 is 5.97 Å². The van der Waals surface area contributed by atoms with Gasteiger partial charge in [-0.3, -0.25) is 9.59 Å². The zero-order valence-corrected chi connectivity index (χ0v) is 13.6. The van der Waals surface area contributed by atoms with Crippen LogP contribution in [0.15, 0.2) is 0 Å². The Hall–Kier alpha value is -1.59. The van der Waals surface area contributed by atoms with E-state index in [1.807, 2.05) is 13.8 Å². The highest BCUT2D eigenvalue weighted by Crippen LogP contribution is 2.19. The van der Waals surface area contributed by atoms with Gasteiger partial charge in [-0.25, -0.2) is 4.79 Å². The third-order valence-electron chi connectivity index (χ3n) is 4.05. The zero-order valence-electron chi connectivity index (χ0n) is 13.6. The second kappa shape index (κ2) is 9.43. The van der Waals surface area contributed by atoms with Gasteiger partial charge in [0.2, 0.25) is 11.8 Å². The second-order valence-corrected chi connectivity index (χ2v) is 5.89. The van der Waals surface area contributed by atoms with Crippen molar-refractivity contribution in [2.24, 2.45) is 0 Å². The SMILES string of the molecule is CCCCC(NC(=O)C1CCCCN1C(=O)CCC)C(=O)O. The van der Waals surface area contributed by atoms with Crippen molar-refractivity contribution in [1.82, 2.24) is 10.2 Å². The molecular formula is C16H28N2O4. The fourth-order valence-electron chi connectivity index (χ4n) is 2.79. The Morgan fingerprint density at radius 1 is 1.23 bits per heavy atom. The molecule has 0 saturated carbocycles. The maximum Gasteiger partial charge on any atom is 0.326 e. The molecule has 6 nitrogen and oxygen atoms in total. The van der Waals surface area contributed by atoms with Crippen LogP contribution in [0, 0.1) is 0 Å². The van der Waals surface area contributed by atoms with Gasteiger partial charge in [-0.15, -0.1) is 0 Å². The molecule has 0 aromatic rings. The van der Waals surface area contributed by atoms with Crippen LogP contribution in [-0.4, -0.2) is 46.4 Å². The van der Waals surface area contributed by atoms with Gasteiger partial charge in [0.15, 0.2) is 0 Å². The van der Waals surface area contributed by atoms with Crippen LogP contribution in [-0.2, 0) is 14.4 Å². The number of carbonyl (C=O) groups excluding carboxylic acids is 2. The lowest BCUT2D eigenvalue weighted by molar-refractivity contribution is -0.146. The number of aliphatic carboxylic acids is 1. The number of hydrogen-bond acceptors (Lipinski definition) is 3. The van der Waals surface area contributed by atoms with Gasteiger partial charge in [0, 0.05) is 13.0 Å². The number of likely N-dealkylation sites (tertiary alicyclic amines) is 1. The van der Waals surface area contributed by atoms with Gasteiger partial charge in [0.05, 0.1) is 0 Å². The summed E-state index contributed by atoms with van der Waals surface area (Å²) >= 11 is 0. The monoisotopic (exact) mass is 312 g/mol. The van der Waals surface area contributed by atoms with Crippen molar-refractivity contribution in [2.45, 2.75) is 77.3 Å². The molecule has 2 N–H and O–H groups in total. The maximum absolute atomic E-state index is 12.4. The minimum Gasteiger partial charge on any atom is -0.480 e. The summed E-state index contributed by atoms with van der Waals surface area (Å²) in [5, 5.41) is 11.8. The molecule has 1 rings (SSSR count). The first-order valence-electron chi connectivity index (χ1n) is 8.33. The first-order valence-corrected chi connectivity index (χ1v) is 8.33. The molecule has 1 heterocycles. The van der Waals surface area contributed by atoms with Gasteiger partial charge in [0.1, 0.15) is 12.1 Å². The van der Waals surface area contributed by atoms with Gasteiger partial charge in [-0.1, -0.05) is 26.7 Å². The Labute approximate surface area is 132 Å². The number of piperidine rings is 1. The summed E-state index contributed by atoms with van der Waals surface area (Å²) in [4.78, 5) is 37.4. The summed E-state index contributed by atoms with van der Waals surface area (Å²) in [6, 6.07) is -1.38. The zero-order chi connectivity index (χ0) is 16.5. The topological polar surface area (TPSA) is 86.7 Å². The number of unbranched alkanes of at least 4 members (excludes halogenated alkanes) is 1. The van der Waals surface area contributed by atoms with Crippen LogP contribution >= 0.6 is 0 Å². The van der Waals surface area contributed by atoms with Crippen molar-refractivity contribution in [3.63, 3.8) is 0 Å². The molecule has 2 amide bonds. The molecule has 0 aliphatic carbocycles. The molecule has 1 aliphatic heterocycles. The Kier molecular flexibility index (Phi) is 7.91. The fraction of sp³-hybridized carbons (Fsp3) is 0.812. The van der Waals surface area contributed by atoms with Crippen molar-refractivity contribution in [2.75, 3.05) is 6.54 Å². The summed E-state index contributed by atoms with van der Waals surface area (Å²) in [5.41, 5.74) is 0. The third kappa shape index (κ3) is 5.31. The highest BCUT2D eigenvalue weighted by molar-refractivity contribution is 5.90. The number of hydrogen-bond donors (Lipinski definition) is 2. The van der Waals surface area contributed by atoms with Crippen molar-refractivity contribution in [3.8, 4) is 0 Å². The lowest BCUT2D eigenvalue weighted by Gasteiger charge is -2.35. The minimum atomic E-state index is -1.01. The van der Waals surface area contributed by atoms with E-state index < -0.39 is 18.1 Å². The van der Waals surface area contributed by atoms with E-state index in [1.165, 1.54) is 0 Å². The van der Waals surface area contributed by atoms with E-state index in [2.05, 4.69) is 5.32 Å². The smallest absolute Gasteiger partial charge is 0.326 e. The average Bonchev–Trinajstić information content (AvgIpc) is 2.51. The fourth-order valence-corrected chi connectivity index (χ4v) is 2.79. The van der Waals surface area contributed by atoms with E-state index >= 15 is 0 Å². The molecule has 2 atom stereocenters. The van der Waals surface area contributed by atoms with E-state index in [-0.39, 0.29) is 11.8 Å². The van der Waals surface area contributed by atoms with Crippen LogP contribution < -0.4 is 5.32 Å². The van der Waals surface area contributed by atoms with E-state index in [9.17, 15) is 19.5 Å². The van der Waals surface area contributed by atoms with Crippen LogP contribution in [0.2, 0.25) is 0 Å². The highest BCUT2D eigenvalue weighted by atomic mass is 16.4. The Morgan fingerprint density at radius 3 is 2.55 bits per heavy atom. The molecule has 126 valence electrons. The summed E-state index contributed by atoms with van der Waals surface area (Å²) in [5.74, 6) is -1.35. The van der Waals surface area contributed by atoms with E-state index in [1.54, 1.807) is 4.90 Å². The number of amides is 2. The molecule has 1 saturated heterocycles. The van der Waals surface area contributed by atoms with E-state index in [0.717, 1.165) is 32.1 Å². The quantitative estimate of drug-likeness (QED) is 0.717. The number of carboxylic acids is 1. The van der Waals surface area contributed by atoms with Gasteiger partial charge < -0.3 is 15.3 Å². The van der Waals surface area contributed by atoms with Crippen LogP contribution in [0.25, 0.3) is 0 Å². The summed E-state index contributed by atoms with van der Waals surface area (Å²) in [7, 11) is 0. The second-order valence-electron chi connectivity index (χ2n) is 5.89. The highest BCUT2D eigenvalue weighted by Gasteiger charge is 2.33.